The third kappa shape index (κ3) is 4.95. The van der Waals surface area contributed by atoms with Gasteiger partial charge in [0.2, 0.25) is 0 Å². The zero-order valence-electron chi connectivity index (χ0n) is 8.25. The van der Waals surface area contributed by atoms with Gasteiger partial charge < -0.3 is 9.47 Å². The van der Waals surface area contributed by atoms with Gasteiger partial charge in [-0.3, -0.25) is 0 Å². The van der Waals surface area contributed by atoms with Crippen molar-refractivity contribution in [3.63, 3.8) is 0 Å². The predicted octanol–water partition coefficient (Wildman–Crippen LogP) is 4.10. The van der Waals surface area contributed by atoms with E-state index in [1.165, 1.54) is 18.2 Å². The Balaban J connectivity index is 3.00. The van der Waals surface area contributed by atoms with E-state index in [0.717, 1.165) is 11.6 Å². The van der Waals surface area contributed by atoms with E-state index in [0.29, 0.717) is 5.56 Å². The largest absolute Gasteiger partial charge is 0.435 e. The van der Waals surface area contributed by atoms with E-state index in [-0.39, 0.29) is 11.5 Å². The van der Waals surface area contributed by atoms with Gasteiger partial charge in [-0.1, -0.05) is 11.6 Å². The normalized spacial score (nSPS) is 11.5. The molecule has 0 fully saturated rings. The molecule has 1 aromatic carbocycles. The minimum atomic E-state index is -3.05. The highest BCUT2D eigenvalue weighted by molar-refractivity contribution is 6.27. The van der Waals surface area contributed by atoms with E-state index in [1.807, 2.05) is 0 Å². The lowest BCUT2D eigenvalue weighted by Crippen LogP contribution is -2.05. The summed E-state index contributed by atoms with van der Waals surface area (Å²) in [5, 5.41) is 0. The predicted molar refractivity (Wildman–Crippen MR) is 54.6 cm³/mol. The second kappa shape index (κ2) is 6.34. The maximum absolute atomic E-state index is 12.0. The summed E-state index contributed by atoms with van der Waals surface area (Å²) in [4.78, 5) is 0. The van der Waals surface area contributed by atoms with Gasteiger partial charge in [0.1, 0.15) is 11.5 Å². The Morgan fingerprint density at radius 3 is 1.76 bits per heavy atom. The van der Waals surface area contributed by atoms with Crippen molar-refractivity contribution in [2.45, 2.75) is 13.2 Å². The molecule has 0 unspecified atom stereocenters. The fourth-order valence-electron chi connectivity index (χ4n) is 1.10. The van der Waals surface area contributed by atoms with E-state index >= 15 is 0 Å². The molecule has 0 bridgehead atoms. The van der Waals surface area contributed by atoms with E-state index in [1.54, 1.807) is 0 Å². The molecule has 1 rings (SSSR count). The third-order valence-electron chi connectivity index (χ3n) is 1.61. The molecule has 0 aliphatic rings. The van der Waals surface area contributed by atoms with E-state index in [2.05, 4.69) is 9.47 Å². The summed E-state index contributed by atoms with van der Waals surface area (Å²) in [5.74, 6) is -0.578. The second-order valence-electron chi connectivity index (χ2n) is 2.79. The Morgan fingerprint density at radius 1 is 0.941 bits per heavy atom. The Kier molecular flexibility index (Phi) is 5.09. The van der Waals surface area contributed by atoms with Crippen LogP contribution in [0.1, 0.15) is 5.56 Å². The number of hydrogen-bond donors (Lipinski definition) is 0. The van der Waals surface area contributed by atoms with Crippen LogP contribution >= 0.6 is 11.6 Å². The van der Waals surface area contributed by atoms with Crippen molar-refractivity contribution in [1.82, 2.24) is 0 Å². The summed E-state index contributed by atoms with van der Waals surface area (Å²) < 4.78 is 56.1. The van der Waals surface area contributed by atoms with Crippen LogP contribution in [0, 0.1) is 0 Å². The minimum Gasteiger partial charge on any atom is -0.435 e. The molecule has 0 aliphatic carbocycles. The number of alkyl halides is 4. The first-order valence-corrected chi connectivity index (χ1v) is 4.76. The highest BCUT2D eigenvalue weighted by Crippen LogP contribution is 2.26. The van der Waals surface area contributed by atoms with Gasteiger partial charge in [0.25, 0.3) is 0 Å². The molecule has 7 heteroatoms. The quantitative estimate of drug-likeness (QED) is 0.750. The van der Waals surface area contributed by atoms with E-state index < -0.39 is 13.2 Å². The first kappa shape index (κ1) is 13.6. The van der Waals surface area contributed by atoms with Crippen LogP contribution in [-0.4, -0.2) is 13.2 Å². The van der Waals surface area contributed by atoms with Crippen molar-refractivity contribution >= 4 is 17.7 Å². The molecule has 0 saturated carbocycles. The summed E-state index contributed by atoms with van der Waals surface area (Å²) in [6.45, 7) is -6.10. The van der Waals surface area contributed by atoms with Gasteiger partial charge in [-0.2, -0.15) is 17.6 Å². The smallest absolute Gasteiger partial charge is 0.387 e. The highest BCUT2D eigenvalue weighted by Gasteiger charge is 2.10. The third-order valence-corrected chi connectivity index (χ3v) is 1.73. The number of benzene rings is 1. The molecule has 0 N–H and O–H groups in total. The van der Waals surface area contributed by atoms with Gasteiger partial charge in [-0.05, 0) is 23.8 Å². The minimum absolute atomic E-state index is 0.289. The molecule has 0 amide bonds. The molecule has 94 valence electrons. The molecular formula is C10H7ClF4O2. The molecule has 0 aliphatic heterocycles. The van der Waals surface area contributed by atoms with Gasteiger partial charge in [0.05, 0.1) is 0 Å². The Morgan fingerprint density at radius 2 is 1.41 bits per heavy atom. The number of halogens is 5. The van der Waals surface area contributed by atoms with Crippen LogP contribution in [0.4, 0.5) is 17.6 Å². The van der Waals surface area contributed by atoms with Gasteiger partial charge in [0.15, 0.2) is 0 Å². The summed E-state index contributed by atoms with van der Waals surface area (Å²) in [6.07, 6.45) is 1.32. The monoisotopic (exact) mass is 270 g/mol. The van der Waals surface area contributed by atoms with Crippen LogP contribution in [-0.2, 0) is 0 Å². The molecule has 0 radical (unpaired) electrons. The maximum Gasteiger partial charge on any atom is 0.387 e. The Hall–Kier alpha value is -1.43. The second-order valence-corrected chi connectivity index (χ2v) is 3.04. The lowest BCUT2D eigenvalue weighted by atomic mass is 10.2. The Labute approximate surface area is 99.4 Å². The fraction of sp³-hybridized carbons (Fsp3) is 0.200. The van der Waals surface area contributed by atoms with E-state index in [9.17, 15) is 17.6 Å². The first-order chi connectivity index (χ1) is 8.01. The number of rotatable bonds is 5. The average Bonchev–Trinajstić information content (AvgIpc) is 2.14. The molecule has 0 aromatic heterocycles. The van der Waals surface area contributed by atoms with Gasteiger partial charge >= 0.3 is 13.2 Å². The topological polar surface area (TPSA) is 18.5 Å². The summed E-state index contributed by atoms with van der Waals surface area (Å²) >= 11 is 5.29. The standard InChI is InChI=1S/C10H7ClF4O2/c11-2-1-6-3-7(16-9(12)13)5-8(4-6)17-10(14)15/h1-5,9-10H. The fourth-order valence-corrected chi connectivity index (χ4v) is 1.25. The number of hydrogen-bond acceptors (Lipinski definition) is 2. The summed E-state index contributed by atoms with van der Waals surface area (Å²) in [7, 11) is 0. The van der Waals surface area contributed by atoms with Crippen LogP contribution < -0.4 is 9.47 Å². The van der Waals surface area contributed by atoms with Crippen molar-refractivity contribution in [2.75, 3.05) is 0 Å². The summed E-state index contributed by atoms with van der Waals surface area (Å²) in [6, 6.07) is 3.36. The maximum atomic E-state index is 12.0. The zero-order chi connectivity index (χ0) is 12.8. The van der Waals surface area contributed by atoms with Crippen molar-refractivity contribution in [3.05, 3.63) is 29.3 Å². The molecular weight excluding hydrogens is 264 g/mol. The molecule has 17 heavy (non-hydrogen) atoms. The molecule has 0 atom stereocenters. The van der Waals surface area contributed by atoms with Gasteiger partial charge in [0, 0.05) is 11.6 Å². The SMILES string of the molecule is FC(F)Oc1cc(C=CCl)cc(OC(F)F)c1. The van der Waals surface area contributed by atoms with Gasteiger partial charge in [-0.15, -0.1) is 0 Å². The van der Waals surface area contributed by atoms with Crippen molar-refractivity contribution in [1.29, 1.82) is 0 Å². The summed E-state index contributed by atoms with van der Waals surface area (Å²) in [5.41, 5.74) is 1.40. The van der Waals surface area contributed by atoms with Crippen LogP contribution in [0.25, 0.3) is 6.08 Å². The van der Waals surface area contributed by atoms with E-state index in [4.69, 9.17) is 11.6 Å². The lowest BCUT2D eigenvalue weighted by Gasteiger charge is -2.09. The van der Waals surface area contributed by atoms with Gasteiger partial charge in [-0.25, -0.2) is 0 Å². The van der Waals surface area contributed by atoms with Crippen LogP contribution in [0.2, 0.25) is 0 Å². The average molecular weight is 271 g/mol. The van der Waals surface area contributed by atoms with Crippen molar-refractivity contribution < 1.29 is 27.0 Å². The van der Waals surface area contributed by atoms with Crippen LogP contribution in [0.15, 0.2) is 23.7 Å². The number of ether oxygens (including phenoxy) is 2. The van der Waals surface area contributed by atoms with Crippen LogP contribution in [0.3, 0.4) is 0 Å². The first-order valence-electron chi connectivity index (χ1n) is 4.32. The zero-order valence-corrected chi connectivity index (χ0v) is 9.00. The van der Waals surface area contributed by atoms with Crippen molar-refractivity contribution in [3.8, 4) is 11.5 Å². The highest BCUT2D eigenvalue weighted by atomic mass is 35.5. The molecule has 1 aromatic rings. The Bertz CT molecular complexity index is 368. The van der Waals surface area contributed by atoms with Crippen LogP contribution in [0.5, 0.6) is 11.5 Å². The molecule has 0 heterocycles. The molecule has 2 nitrogen and oxygen atoms in total. The molecule has 0 spiro atoms. The lowest BCUT2D eigenvalue weighted by molar-refractivity contribution is -0.0542. The molecule has 0 saturated heterocycles. The van der Waals surface area contributed by atoms with Crippen molar-refractivity contribution in [2.24, 2.45) is 0 Å².